The summed E-state index contributed by atoms with van der Waals surface area (Å²) in [6.45, 7) is 6.85. The molecule has 0 bridgehead atoms. The molecule has 0 spiro atoms. The Morgan fingerprint density at radius 3 is 2.58 bits per heavy atom. The van der Waals surface area contributed by atoms with Gasteiger partial charge in [0.15, 0.2) is 0 Å². The highest BCUT2D eigenvalue weighted by molar-refractivity contribution is 9.10. The Bertz CT molecular complexity index is 781. The van der Waals surface area contributed by atoms with Gasteiger partial charge in [0, 0.05) is 34.5 Å². The molecule has 3 rings (SSSR count). The van der Waals surface area contributed by atoms with Crippen molar-refractivity contribution in [3.05, 3.63) is 57.0 Å². The molecule has 4 heteroatoms. The summed E-state index contributed by atoms with van der Waals surface area (Å²) >= 11 is 9.97. The largest absolute Gasteiger partial charge is 0.369 e. The maximum absolute atomic E-state index is 6.53. The fourth-order valence-electron chi connectivity index (χ4n) is 3.37. The Labute approximate surface area is 157 Å². The highest BCUT2D eigenvalue weighted by Gasteiger charge is 2.34. The van der Waals surface area contributed by atoms with Crippen LogP contribution in [0.3, 0.4) is 0 Å². The Morgan fingerprint density at radius 2 is 1.92 bits per heavy atom. The zero-order chi connectivity index (χ0) is 17.5. The lowest BCUT2D eigenvalue weighted by molar-refractivity contribution is 0.395. The topological polar surface area (TPSA) is 15.6 Å². The van der Waals surface area contributed by atoms with E-state index in [1.165, 1.54) is 11.3 Å². The molecule has 2 nitrogen and oxygen atoms in total. The lowest BCUT2D eigenvalue weighted by Gasteiger charge is -2.45. The second-order valence-corrected chi connectivity index (χ2v) is 8.47. The molecule has 24 heavy (non-hydrogen) atoms. The summed E-state index contributed by atoms with van der Waals surface area (Å²) in [5, 5.41) is 0.742. The normalized spacial score (nSPS) is 19.6. The average Bonchev–Trinajstić information content (AvgIpc) is 2.52. The van der Waals surface area contributed by atoms with Crippen molar-refractivity contribution in [1.29, 1.82) is 0 Å². The summed E-state index contributed by atoms with van der Waals surface area (Å²) in [5.74, 6) is 0.503. The fraction of sp³-hybridized carbons (Fsp3) is 0.350. The molecule has 0 fully saturated rings. The number of hydrogen-bond acceptors (Lipinski definition) is 2. The molecular weight excluding hydrogens is 384 g/mol. The molecule has 1 atom stereocenters. The zero-order valence-electron chi connectivity index (χ0n) is 14.5. The fourth-order valence-corrected chi connectivity index (χ4v) is 3.85. The van der Waals surface area contributed by atoms with Gasteiger partial charge < -0.3 is 4.90 Å². The molecule has 1 unspecified atom stereocenters. The maximum Gasteiger partial charge on any atom is 0.0630 e. The van der Waals surface area contributed by atoms with Gasteiger partial charge in [0.1, 0.15) is 0 Å². The first-order valence-corrected chi connectivity index (χ1v) is 9.32. The van der Waals surface area contributed by atoms with Gasteiger partial charge in [0.2, 0.25) is 0 Å². The predicted molar refractivity (Wildman–Crippen MR) is 108 cm³/mol. The lowest BCUT2D eigenvalue weighted by atomic mass is 9.80. The third kappa shape index (κ3) is 3.38. The number of halogens is 2. The second-order valence-electron chi connectivity index (χ2n) is 7.14. The van der Waals surface area contributed by atoms with Crippen LogP contribution in [-0.4, -0.2) is 18.8 Å². The molecule has 1 heterocycles. The van der Waals surface area contributed by atoms with Crippen molar-refractivity contribution < 1.29 is 0 Å². The average molecular weight is 406 g/mol. The summed E-state index contributed by atoms with van der Waals surface area (Å²) in [7, 11) is 2.15. The third-order valence-electron chi connectivity index (χ3n) is 4.93. The third-order valence-corrected chi connectivity index (χ3v) is 5.79. The Balaban J connectivity index is 1.97. The van der Waals surface area contributed by atoms with Crippen LogP contribution >= 0.6 is 27.5 Å². The van der Waals surface area contributed by atoms with Crippen LogP contribution in [0.4, 0.5) is 11.4 Å². The Kier molecular flexibility index (Phi) is 4.76. The van der Waals surface area contributed by atoms with E-state index in [1.54, 1.807) is 0 Å². The van der Waals surface area contributed by atoms with Gasteiger partial charge in [-0.15, -0.1) is 0 Å². The molecule has 0 amide bonds. The molecule has 0 aliphatic carbocycles. The maximum atomic E-state index is 6.53. The van der Waals surface area contributed by atoms with E-state index in [1.807, 2.05) is 30.5 Å². The van der Waals surface area contributed by atoms with Crippen LogP contribution in [0.25, 0.3) is 0 Å². The minimum absolute atomic E-state index is 0.142. The molecule has 0 saturated carbocycles. The first-order valence-electron chi connectivity index (χ1n) is 8.15. The summed E-state index contributed by atoms with van der Waals surface area (Å²) in [4.78, 5) is 6.89. The van der Waals surface area contributed by atoms with Crippen LogP contribution in [-0.2, 0) is 0 Å². The molecule has 0 N–H and O–H groups in total. The first-order chi connectivity index (χ1) is 11.3. The molecule has 1 aliphatic rings. The molecular formula is C20H22BrClN2. The minimum atomic E-state index is 0.142. The lowest BCUT2D eigenvalue weighted by Crippen LogP contribution is -2.45. The van der Waals surface area contributed by atoms with E-state index in [-0.39, 0.29) is 5.54 Å². The van der Waals surface area contributed by atoms with Crippen molar-refractivity contribution in [2.24, 2.45) is 4.99 Å². The van der Waals surface area contributed by atoms with Crippen molar-refractivity contribution in [2.75, 3.05) is 11.9 Å². The number of fused-ring (bicyclic) bond motifs is 1. The van der Waals surface area contributed by atoms with E-state index in [9.17, 15) is 0 Å². The van der Waals surface area contributed by atoms with Crippen LogP contribution in [0.2, 0.25) is 5.02 Å². The van der Waals surface area contributed by atoms with Gasteiger partial charge in [-0.1, -0.05) is 34.5 Å². The summed E-state index contributed by atoms with van der Waals surface area (Å²) in [6, 6.07) is 12.2. The van der Waals surface area contributed by atoms with Crippen molar-refractivity contribution in [3.63, 3.8) is 0 Å². The van der Waals surface area contributed by atoms with Crippen LogP contribution < -0.4 is 4.90 Å². The van der Waals surface area contributed by atoms with Gasteiger partial charge in [0.25, 0.3) is 0 Å². The highest BCUT2D eigenvalue weighted by Crippen LogP contribution is 2.44. The van der Waals surface area contributed by atoms with Crippen LogP contribution in [0.1, 0.15) is 44.2 Å². The van der Waals surface area contributed by atoms with Crippen molar-refractivity contribution in [1.82, 2.24) is 0 Å². The van der Waals surface area contributed by atoms with Gasteiger partial charge in [-0.05, 0) is 68.1 Å². The molecule has 0 radical (unpaired) electrons. The van der Waals surface area contributed by atoms with Crippen LogP contribution in [0.15, 0.2) is 45.9 Å². The number of nitrogens with zero attached hydrogens (tertiary/aromatic N) is 2. The Hall–Kier alpha value is -1.32. The molecule has 0 saturated heterocycles. The monoisotopic (exact) mass is 404 g/mol. The van der Waals surface area contributed by atoms with E-state index in [0.29, 0.717) is 5.92 Å². The van der Waals surface area contributed by atoms with Crippen molar-refractivity contribution in [3.8, 4) is 0 Å². The second kappa shape index (κ2) is 6.53. The van der Waals surface area contributed by atoms with Crippen molar-refractivity contribution >= 4 is 45.1 Å². The number of rotatable bonds is 2. The molecule has 0 aromatic heterocycles. The van der Waals surface area contributed by atoms with E-state index in [0.717, 1.165) is 27.2 Å². The van der Waals surface area contributed by atoms with Gasteiger partial charge in [-0.3, -0.25) is 4.99 Å². The minimum Gasteiger partial charge on any atom is -0.369 e. The van der Waals surface area contributed by atoms with Crippen LogP contribution in [0.5, 0.6) is 0 Å². The summed E-state index contributed by atoms with van der Waals surface area (Å²) < 4.78 is 1.05. The SMILES string of the molecule is CC1CC(C)(C)N(C)c2cc(Cl)c(C=Nc3ccc(Br)cc3)cc21. The zero-order valence-corrected chi connectivity index (χ0v) is 16.8. The summed E-state index contributed by atoms with van der Waals surface area (Å²) in [5.41, 5.74) is 4.60. The molecule has 126 valence electrons. The first kappa shape index (κ1) is 17.5. The number of aliphatic imine (C=N–C) groups is 1. The number of benzene rings is 2. The van der Waals surface area contributed by atoms with Gasteiger partial charge in [-0.2, -0.15) is 0 Å². The van der Waals surface area contributed by atoms with Gasteiger partial charge >= 0.3 is 0 Å². The van der Waals surface area contributed by atoms with E-state index >= 15 is 0 Å². The predicted octanol–water partition coefficient (Wildman–Crippen LogP) is 6.58. The van der Waals surface area contributed by atoms with E-state index in [2.05, 4.69) is 65.8 Å². The van der Waals surface area contributed by atoms with E-state index < -0.39 is 0 Å². The summed E-state index contributed by atoms with van der Waals surface area (Å²) in [6.07, 6.45) is 2.99. The molecule has 1 aliphatic heterocycles. The van der Waals surface area contributed by atoms with Gasteiger partial charge in [0.05, 0.1) is 10.7 Å². The van der Waals surface area contributed by atoms with Crippen LogP contribution in [0, 0.1) is 0 Å². The number of anilines is 1. The van der Waals surface area contributed by atoms with Crippen molar-refractivity contribution in [2.45, 2.75) is 38.6 Å². The molecule has 2 aromatic carbocycles. The van der Waals surface area contributed by atoms with E-state index in [4.69, 9.17) is 11.6 Å². The number of hydrogen-bond donors (Lipinski definition) is 0. The quantitative estimate of drug-likeness (QED) is 0.515. The smallest absolute Gasteiger partial charge is 0.0630 e. The Morgan fingerprint density at radius 1 is 1.25 bits per heavy atom. The van der Waals surface area contributed by atoms with Gasteiger partial charge in [-0.25, -0.2) is 0 Å². The molecule has 2 aromatic rings. The highest BCUT2D eigenvalue weighted by atomic mass is 79.9. The standard InChI is InChI=1S/C20H22BrClN2/c1-13-11-20(2,3)24(4)19-10-18(22)14(9-17(13)19)12-23-16-7-5-15(21)6-8-16/h5-10,12-13H,11H2,1-4H3.